The molecule has 0 fully saturated rings. The first kappa shape index (κ1) is 15.9. The lowest BCUT2D eigenvalue weighted by Crippen LogP contribution is -2.07. The average Bonchev–Trinajstić information content (AvgIpc) is 2.49. The second-order valence-electron chi connectivity index (χ2n) is 4.46. The minimum atomic E-state index is -0.187. The van der Waals surface area contributed by atoms with Crippen molar-refractivity contribution in [2.75, 3.05) is 11.8 Å². The fourth-order valence-corrected chi connectivity index (χ4v) is 2.83. The minimum absolute atomic E-state index is 0.187. The first-order valence-corrected chi connectivity index (χ1v) is 8.28. The van der Waals surface area contributed by atoms with Crippen LogP contribution in [0.1, 0.15) is 12.5 Å². The van der Waals surface area contributed by atoms with E-state index in [4.69, 9.17) is 16.3 Å². The lowest BCUT2D eigenvalue weighted by molar-refractivity contribution is -0.142. The Morgan fingerprint density at radius 2 is 1.62 bits per heavy atom. The fourth-order valence-electron chi connectivity index (χ4n) is 2.00. The van der Waals surface area contributed by atoms with Crippen molar-refractivity contribution in [3.63, 3.8) is 0 Å². The Hall–Kier alpha value is -1.45. The summed E-state index contributed by atoms with van der Waals surface area (Å²) in [6, 6.07) is 16.3. The van der Waals surface area contributed by atoms with E-state index < -0.39 is 0 Å². The molecule has 0 saturated heterocycles. The molecule has 0 heterocycles. The number of hydrogen-bond acceptors (Lipinski definition) is 3. The maximum Gasteiger partial charge on any atom is 0.310 e. The van der Waals surface area contributed by atoms with Crippen LogP contribution in [-0.4, -0.2) is 17.8 Å². The second-order valence-corrected chi connectivity index (χ2v) is 6.09. The molecule has 0 bridgehead atoms. The molecule has 0 amide bonds. The van der Waals surface area contributed by atoms with Crippen LogP contribution in [-0.2, 0) is 16.0 Å². The molecule has 2 aromatic rings. The third-order valence-corrected chi connectivity index (χ3v) is 4.06. The molecule has 2 rings (SSSR count). The Morgan fingerprint density at radius 1 is 1.05 bits per heavy atom. The van der Waals surface area contributed by atoms with Crippen LogP contribution in [0.4, 0.5) is 0 Å². The first-order chi connectivity index (χ1) is 10.2. The highest BCUT2D eigenvalue weighted by Crippen LogP contribution is 2.25. The number of carbonyl (C=O) groups is 1. The van der Waals surface area contributed by atoms with Gasteiger partial charge in [-0.05, 0) is 35.7 Å². The number of rotatable bonds is 6. The molecule has 0 spiro atoms. The predicted octanol–water partition coefficient (Wildman–Crippen LogP) is 4.75. The van der Waals surface area contributed by atoms with Crippen LogP contribution in [0.15, 0.2) is 53.4 Å². The summed E-state index contributed by atoms with van der Waals surface area (Å²) in [5.41, 5.74) is 3.24. The van der Waals surface area contributed by atoms with Gasteiger partial charge >= 0.3 is 5.97 Å². The van der Waals surface area contributed by atoms with Crippen molar-refractivity contribution in [3.05, 3.63) is 54.1 Å². The van der Waals surface area contributed by atoms with E-state index in [0.717, 1.165) is 21.6 Å². The molecule has 0 aliphatic heterocycles. The second kappa shape index (κ2) is 8.11. The lowest BCUT2D eigenvalue weighted by atomic mass is 10.0. The third-order valence-electron chi connectivity index (χ3n) is 3.02. The highest BCUT2D eigenvalue weighted by molar-refractivity contribution is 8.00. The Labute approximate surface area is 134 Å². The average molecular weight is 321 g/mol. The summed E-state index contributed by atoms with van der Waals surface area (Å²) in [4.78, 5) is 12.6. The standard InChI is InChI=1S/C17H17ClO2S/c1-2-20-17(19)11-13-3-5-14(6-4-13)15-7-9-16(10-8-15)21-12-18/h3-10H,2,11-12H2,1H3. The minimum Gasteiger partial charge on any atom is -0.466 e. The summed E-state index contributed by atoms with van der Waals surface area (Å²) in [7, 11) is 0. The number of carbonyl (C=O) groups excluding carboxylic acids is 1. The third kappa shape index (κ3) is 4.80. The van der Waals surface area contributed by atoms with Crippen LogP contribution in [0.2, 0.25) is 0 Å². The molecule has 0 N–H and O–H groups in total. The largest absolute Gasteiger partial charge is 0.466 e. The van der Waals surface area contributed by atoms with Gasteiger partial charge in [-0.1, -0.05) is 36.4 Å². The number of halogens is 1. The SMILES string of the molecule is CCOC(=O)Cc1ccc(-c2ccc(SCCl)cc2)cc1. The molecule has 2 aromatic carbocycles. The van der Waals surface area contributed by atoms with Crippen molar-refractivity contribution in [3.8, 4) is 11.1 Å². The van der Waals surface area contributed by atoms with Gasteiger partial charge in [0.05, 0.1) is 18.2 Å². The highest BCUT2D eigenvalue weighted by atomic mass is 35.5. The van der Waals surface area contributed by atoms with E-state index in [1.165, 1.54) is 0 Å². The van der Waals surface area contributed by atoms with Crippen molar-refractivity contribution in [2.24, 2.45) is 0 Å². The molecule has 2 nitrogen and oxygen atoms in total. The van der Waals surface area contributed by atoms with Crippen molar-refractivity contribution in [1.29, 1.82) is 0 Å². The topological polar surface area (TPSA) is 26.3 Å². The van der Waals surface area contributed by atoms with Gasteiger partial charge in [0.25, 0.3) is 0 Å². The van der Waals surface area contributed by atoms with Gasteiger partial charge in [-0.3, -0.25) is 4.79 Å². The van der Waals surface area contributed by atoms with Crippen LogP contribution in [0.25, 0.3) is 11.1 Å². The Kier molecular flexibility index (Phi) is 6.15. The number of ether oxygens (including phenoxy) is 1. The van der Waals surface area contributed by atoms with E-state index in [-0.39, 0.29) is 5.97 Å². The van der Waals surface area contributed by atoms with Crippen LogP contribution in [0.5, 0.6) is 0 Å². The van der Waals surface area contributed by atoms with Crippen molar-refractivity contribution >= 4 is 29.3 Å². The van der Waals surface area contributed by atoms with Crippen molar-refractivity contribution in [2.45, 2.75) is 18.2 Å². The molecule has 0 aliphatic carbocycles. The molecule has 110 valence electrons. The normalized spacial score (nSPS) is 10.4. The van der Waals surface area contributed by atoms with E-state index >= 15 is 0 Å². The molecular formula is C17H17ClO2S. The number of thioether (sulfide) groups is 1. The smallest absolute Gasteiger partial charge is 0.310 e. The molecule has 0 atom stereocenters. The first-order valence-electron chi connectivity index (χ1n) is 6.76. The number of hydrogen-bond donors (Lipinski definition) is 0. The van der Waals surface area contributed by atoms with Gasteiger partial charge < -0.3 is 4.74 Å². The monoisotopic (exact) mass is 320 g/mol. The Balaban J connectivity index is 2.06. The van der Waals surface area contributed by atoms with Gasteiger partial charge in [0.15, 0.2) is 0 Å². The van der Waals surface area contributed by atoms with Crippen molar-refractivity contribution in [1.82, 2.24) is 0 Å². The Bertz CT molecular complexity index is 579. The van der Waals surface area contributed by atoms with E-state index in [9.17, 15) is 4.79 Å². The van der Waals surface area contributed by atoms with Crippen molar-refractivity contribution < 1.29 is 9.53 Å². The van der Waals surface area contributed by atoms with E-state index in [1.807, 2.05) is 31.2 Å². The van der Waals surface area contributed by atoms with E-state index in [0.29, 0.717) is 18.2 Å². The van der Waals surface area contributed by atoms with Crippen LogP contribution < -0.4 is 0 Å². The highest BCUT2D eigenvalue weighted by Gasteiger charge is 2.04. The van der Waals surface area contributed by atoms with Gasteiger partial charge in [0, 0.05) is 4.90 Å². The van der Waals surface area contributed by atoms with Gasteiger partial charge in [0.2, 0.25) is 0 Å². The number of esters is 1. The maximum atomic E-state index is 11.4. The van der Waals surface area contributed by atoms with Crippen LogP contribution >= 0.6 is 23.4 Å². The summed E-state index contributed by atoms with van der Waals surface area (Å²) in [5, 5.41) is 0.557. The molecular weight excluding hydrogens is 304 g/mol. The number of alkyl halides is 1. The van der Waals surface area contributed by atoms with Gasteiger partial charge in [-0.15, -0.1) is 23.4 Å². The van der Waals surface area contributed by atoms with E-state index in [2.05, 4.69) is 24.3 Å². The molecule has 0 unspecified atom stereocenters. The molecule has 0 radical (unpaired) electrons. The molecule has 0 saturated carbocycles. The Morgan fingerprint density at radius 3 is 2.14 bits per heavy atom. The zero-order chi connectivity index (χ0) is 15.1. The summed E-state index contributed by atoms with van der Waals surface area (Å²) in [5.74, 6) is -0.187. The zero-order valence-electron chi connectivity index (χ0n) is 11.8. The maximum absolute atomic E-state index is 11.4. The lowest BCUT2D eigenvalue weighted by Gasteiger charge is -2.06. The van der Waals surface area contributed by atoms with Gasteiger partial charge in [-0.2, -0.15) is 0 Å². The zero-order valence-corrected chi connectivity index (χ0v) is 13.4. The summed E-state index contributed by atoms with van der Waals surface area (Å²) in [6.07, 6.45) is 0.319. The summed E-state index contributed by atoms with van der Waals surface area (Å²) >= 11 is 7.31. The van der Waals surface area contributed by atoms with E-state index in [1.54, 1.807) is 11.8 Å². The van der Waals surface area contributed by atoms with Gasteiger partial charge in [-0.25, -0.2) is 0 Å². The number of benzene rings is 2. The summed E-state index contributed by atoms with van der Waals surface area (Å²) in [6.45, 7) is 2.23. The summed E-state index contributed by atoms with van der Waals surface area (Å²) < 4.78 is 4.94. The van der Waals surface area contributed by atoms with Crippen LogP contribution in [0.3, 0.4) is 0 Å². The molecule has 0 aromatic heterocycles. The molecule has 4 heteroatoms. The molecule has 21 heavy (non-hydrogen) atoms. The fraction of sp³-hybridized carbons (Fsp3) is 0.235. The van der Waals surface area contributed by atoms with Crippen LogP contribution in [0, 0.1) is 0 Å². The quantitative estimate of drug-likeness (QED) is 0.436. The van der Waals surface area contributed by atoms with Gasteiger partial charge in [0.1, 0.15) is 0 Å². The predicted molar refractivity (Wildman–Crippen MR) is 88.8 cm³/mol. The molecule has 0 aliphatic rings.